The molecule has 5 heteroatoms. The Labute approximate surface area is 105 Å². The first-order valence-corrected chi connectivity index (χ1v) is 6.23. The number of pyridine rings is 1. The molecule has 3 rings (SSSR count). The first-order chi connectivity index (χ1) is 8.68. The summed E-state index contributed by atoms with van der Waals surface area (Å²) in [5.74, 6) is 0.401. The molecule has 2 atom stereocenters. The second-order valence-electron chi connectivity index (χ2n) is 5.00. The first kappa shape index (κ1) is 11.2. The third-order valence-corrected chi connectivity index (χ3v) is 3.73. The van der Waals surface area contributed by atoms with Crippen LogP contribution in [0.1, 0.15) is 19.8 Å². The van der Waals surface area contributed by atoms with Gasteiger partial charge in [0.1, 0.15) is 6.04 Å². The third-order valence-electron chi connectivity index (χ3n) is 3.73. The number of urea groups is 1. The van der Waals surface area contributed by atoms with Crippen molar-refractivity contribution in [3.63, 3.8) is 0 Å². The molecular weight excluding hydrogens is 230 g/mol. The van der Waals surface area contributed by atoms with Gasteiger partial charge in [0.15, 0.2) is 0 Å². The fourth-order valence-electron chi connectivity index (χ4n) is 2.71. The molecule has 0 N–H and O–H groups in total. The fraction of sp³-hybridized carbons (Fsp3) is 0.462. The molecule has 1 aromatic rings. The summed E-state index contributed by atoms with van der Waals surface area (Å²) in [5, 5.41) is 0. The number of rotatable bonds is 1. The van der Waals surface area contributed by atoms with Crippen LogP contribution < -0.4 is 4.90 Å². The Bertz CT molecular complexity index is 488. The van der Waals surface area contributed by atoms with Crippen molar-refractivity contribution in [1.29, 1.82) is 0 Å². The molecule has 94 valence electrons. The number of anilines is 1. The van der Waals surface area contributed by atoms with Gasteiger partial charge in [-0.2, -0.15) is 0 Å². The molecule has 0 aliphatic carbocycles. The van der Waals surface area contributed by atoms with E-state index in [1.165, 1.54) is 4.90 Å². The number of piperidine rings is 1. The molecule has 5 nitrogen and oxygen atoms in total. The Kier molecular flexibility index (Phi) is 2.54. The van der Waals surface area contributed by atoms with E-state index in [2.05, 4.69) is 11.9 Å². The third kappa shape index (κ3) is 1.58. The normalized spacial score (nSPS) is 27.6. The number of hydrogen-bond acceptors (Lipinski definition) is 3. The van der Waals surface area contributed by atoms with Crippen molar-refractivity contribution in [2.75, 3.05) is 11.4 Å². The molecule has 3 amide bonds. The molecule has 1 aromatic heterocycles. The lowest BCUT2D eigenvalue weighted by Gasteiger charge is -2.30. The molecule has 2 aliphatic rings. The highest BCUT2D eigenvalue weighted by Crippen LogP contribution is 2.32. The van der Waals surface area contributed by atoms with E-state index in [1.54, 1.807) is 29.4 Å². The Hall–Kier alpha value is -1.91. The van der Waals surface area contributed by atoms with E-state index in [9.17, 15) is 9.59 Å². The Morgan fingerprint density at radius 3 is 2.72 bits per heavy atom. The van der Waals surface area contributed by atoms with E-state index in [4.69, 9.17) is 0 Å². The molecule has 0 saturated carbocycles. The van der Waals surface area contributed by atoms with Gasteiger partial charge in [-0.25, -0.2) is 9.69 Å². The highest BCUT2D eigenvalue weighted by molar-refractivity contribution is 6.21. The lowest BCUT2D eigenvalue weighted by Crippen LogP contribution is -2.41. The number of aromatic nitrogens is 1. The quantitative estimate of drug-likeness (QED) is 0.707. The second-order valence-corrected chi connectivity index (χ2v) is 5.00. The van der Waals surface area contributed by atoms with Crippen molar-refractivity contribution >= 4 is 17.6 Å². The van der Waals surface area contributed by atoms with Crippen molar-refractivity contribution in [2.45, 2.75) is 25.8 Å². The summed E-state index contributed by atoms with van der Waals surface area (Å²) >= 11 is 0. The van der Waals surface area contributed by atoms with Gasteiger partial charge < -0.3 is 4.90 Å². The topological polar surface area (TPSA) is 53.5 Å². The summed E-state index contributed by atoms with van der Waals surface area (Å²) in [5.41, 5.74) is 0.613. The zero-order chi connectivity index (χ0) is 12.7. The van der Waals surface area contributed by atoms with Crippen LogP contribution in [0.3, 0.4) is 0 Å². The lowest BCUT2D eigenvalue weighted by molar-refractivity contribution is -0.120. The fourth-order valence-corrected chi connectivity index (χ4v) is 2.71. The summed E-state index contributed by atoms with van der Waals surface area (Å²) in [6.07, 6.45) is 4.93. The van der Waals surface area contributed by atoms with E-state index < -0.39 is 0 Å². The molecule has 2 fully saturated rings. The maximum absolute atomic E-state index is 12.3. The Morgan fingerprint density at radius 2 is 2.00 bits per heavy atom. The molecule has 0 radical (unpaired) electrons. The van der Waals surface area contributed by atoms with Crippen LogP contribution in [0.5, 0.6) is 0 Å². The van der Waals surface area contributed by atoms with Crippen LogP contribution in [-0.2, 0) is 4.79 Å². The van der Waals surface area contributed by atoms with E-state index in [0.717, 1.165) is 12.8 Å². The minimum Gasteiger partial charge on any atom is -0.312 e. The monoisotopic (exact) mass is 245 g/mol. The number of imide groups is 1. The molecule has 3 heterocycles. The van der Waals surface area contributed by atoms with Gasteiger partial charge in [0.05, 0.1) is 5.69 Å². The summed E-state index contributed by atoms with van der Waals surface area (Å²) < 4.78 is 0. The maximum Gasteiger partial charge on any atom is 0.332 e. The molecule has 2 aliphatic heterocycles. The first-order valence-electron chi connectivity index (χ1n) is 6.23. The predicted octanol–water partition coefficient (Wildman–Crippen LogP) is 1.65. The Morgan fingerprint density at radius 1 is 1.28 bits per heavy atom. The molecule has 0 aromatic carbocycles. The highest BCUT2D eigenvalue weighted by atomic mass is 16.2. The number of carbonyl (C=O) groups is 2. The average molecular weight is 245 g/mol. The molecule has 0 spiro atoms. The van der Waals surface area contributed by atoms with Gasteiger partial charge in [-0.05, 0) is 30.9 Å². The van der Waals surface area contributed by atoms with Gasteiger partial charge in [0, 0.05) is 18.9 Å². The molecular formula is C13H15N3O2. The number of nitrogens with zero attached hydrogens (tertiary/aromatic N) is 3. The molecule has 18 heavy (non-hydrogen) atoms. The van der Waals surface area contributed by atoms with Crippen LogP contribution in [0.15, 0.2) is 24.5 Å². The summed E-state index contributed by atoms with van der Waals surface area (Å²) in [4.78, 5) is 31.5. The van der Waals surface area contributed by atoms with Crippen LogP contribution in [0.4, 0.5) is 10.5 Å². The largest absolute Gasteiger partial charge is 0.332 e. The highest BCUT2D eigenvalue weighted by Gasteiger charge is 2.47. The van der Waals surface area contributed by atoms with Crippen LogP contribution in [0.2, 0.25) is 0 Å². The lowest BCUT2D eigenvalue weighted by atomic mass is 9.93. The maximum atomic E-state index is 12.3. The van der Waals surface area contributed by atoms with Crippen LogP contribution in [0.25, 0.3) is 0 Å². The van der Waals surface area contributed by atoms with Crippen LogP contribution >= 0.6 is 0 Å². The summed E-state index contributed by atoms with van der Waals surface area (Å²) in [6, 6.07) is 2.92. The molecule has 0 unspecified atom stereocenters. The van der Waals surface area contributed by atoms with Crippen molar-refractivity contribution < 1.29 is 9.59 Å². The molecule has 2 saturated heterocycles. The smallest absolute Gasteiger partial charge is 0.312 e. The minimum atomic E-state index is -0.269. The summed E-state index contributed by atoms with van der Waals surface area (Å²) in [7, 11) is 0. The van der Waals surface area contributed by atoms with Gasteiger partial charge in [-0.3, -0.25) is 9.78 Å². The van der Waals surface area contributed by atoms with Crippen LogP contribution in [-0.4, -0.2) is 34.4 Å². The van der Waals surface area contributed by atoms with E-state index >= 15 is 0 Å². The van der Waals surface area contributed by atoms with Gasteiger partial charge in [0.2, 0.25) is 0 Å². The van der Waals surface area contributed by atoms with Gasteiger partial charge >= 0.3 is 6.03 Å². The second kappa shape index (κ2) is 4.08. The average Bonchev–Trinajstić information content (AvgIpc) is 2.63. The van der Waals surface area contributed by atoms with Crippen LogP contribution in [0, 0.1) is 5.92 Å². The van der Waals surface area contributed by atoms with Crippen molar-refractivity contribution in [2.24, 2.45) is 5.92 Å². The number of hydrogen-bond donors (Lipinski definition) is 0. The van der Waals surface area contributed by atoms with Gasteiger partial charge in [-0.15, -0.1) is 0 Å². The summed E-state index contributed by atoms with van der Waals surface area (Å²) in [6.45, 7) is 2.81. The van der Waals surface area contributed by atoms with E-state index in [1.807, 2.05) is 0 Å². The van der Waals surface area contributed by atoms with Crippen molar-refractivity contribution in [1.82, 2.24) is 9.88 Å². The predicted molar refractivity (Wildman–Crippen MR) is 66.0 cm³/mol. The number of carbonyl (C=O) groups excluding carboxylic acids is 2. The van der Waals surface area contributed by atoms with Gasteiger partial charge in [-0.1, -0.05) is 6.92 Å². The van der Waals surface area contributed by atoms with Crippen molar-refractivity contribution in [3.05, 3.63) is 24.5 Å². The zero-order valence-electron chi connectivity index (χ0n) is 10.2. The van der Waals surface area contributed by atoms with E-state index in [-0.39, 0.29) is 18.0 Å². The SMILES string of the molecule is C[C@H]1CCN2C(=O)N(c3ccncc3)C(=O)[C@@H]2C1. The Balaban J connectivity index is 1.94. The van der Waals surface area contributed by atoms with Crippen molar-refractivity contribution in [3.8, 4) is 0 Å². The number of amides is 3. The minimum absolute atomic E-state index is 0.0993. The number of fused-ring (bicyclic) bond motifs is 1. The standard InChI is InChI=1S/C13H15N3O2/c1-9-4-7-15-11(8-9)12(17)16(13(15)18)10-2-5-14-6-3-10/h2-3,5-6,9,11H,4,7-8H2,1H3/t9-,11-/m0/s1. The van der Waals surface area contributed by atoms with Gasteiger partial charge in [0.25, 0.3) is 5.91 Å². The molecule has 0 bridgehead atoms. The zero-order valence-corrected chi connectivity index (χ0v) is 10.2. The van der Waals surface area contributed by atoms with E-state index in [0.29, 0.717) is 18.2 Å².